The number of alkyl halides is 2. The number of hydrogen-bond acceptors (Lipinski definition) is 5. The molecule has 0 heterocycles. The van der Waals surface area contributed by atoms with Crippen molar-refractivity contribution in [1.29, 1.82) is 0 Å². The van der Waals surface area contributed by atoms with E-state index in [0.717, 1.165) is 6.92 Å². The topological polar surface area (TPSA) is 114 Å². The Labute approximate surface area is 151 Å². The number of amides is 3. The van der Waals surface area contributed by atoms with Gasteiger partial charge in [-0.1, -0.05) is 0 Å². The highest BCUT2D eigenvalue weighted by Gasteiger charge is 2.47. The predicted molar refractivity (Wildman–Crippen MR) is 89.3 cm³/mol. The van der Waals surface area contributed by atoms with Gasteiger partial charge in [-0.25, -0.2) is 4.79 Å². The van der Waals surface area contributed by atoms with Crippen LogP contribution in [0.15, 0.2) is 0 Å². The second-order valence-electron chi connectivity index (χ2n) is 5.81. The lowest BCUT2D eigenvalue weighted by Gasteiger charge is -2.25. The molecule has 0 bridgehead atoms. The van der Waals surface area contributed by atoms with Crippen LogP contribution < -0.4 is 16.0 Å². The molecule has 0 rings (SSSR count). The first-order valence-corrected chi connectivity index (χ1v) is 8.39. The van der Waals surface area contributed by atoms with Crippen molar-refractivity contribution in [2.75, 3.05) is 13.2 Å². The third-order valence-corrected chi connectivity index (χ3v) is 3.44. The summed E-state index contributed by atoms with van der Waals surface area (Å²) in [7, 11) is 0. The number of hydrogen-bond donors (Lipinski definition) is 3. The zero-order valence-corrected chi connectivity index (χ0v) is 15.5. The lowest BCUT2D eigenvalue weighted by atomic mass is 10.1. The molecule has 0 spiro atoms. The average molecular weight is 379 g/mol. The summed E-state index contributed by atoms with van der Waals surface area (Å²) in [5.74, 6) is -7.11. The molecule has 150 valence electrons. The standard InChI is InChI=1S/C16H27F2N3O5/c1-5-26-15(25)16(17,18)10(2)20-14(24)13(21-12(4)23)8-6-7-9-19-11(3)22/h10,13H,5-9H2,1-4H3,(H,19,22)(H,20,24)(H,21,23)/t10-,13+/m1/s1. The summed E-state index contributed by atoms with van der Waals surface area (Å²) in [6.45, 7) is 5.15. The van der Waals surface area contributed by atoms with Crippen molar-refractivity contribution in [3.8, 4) is 0 Å². The van der Waals surface area contributed by atoms with Gasteiger partial charge in [-0.2, -0.15) is 8.78 Å². The van der Waals surface area contributed by atoms with Crippen molar-refractivity contribution in [3.63, 3.8) is 0 Å². The maximum absolute atomic E-state index is 13.9. The molecule has 0 fully saturated rings. The molecule has 0 saturated heterocycles. The van der Waals surface area contributed by atoms with Gasteiger partial charge in [0, 0.05) is 20.4 Å². The molecule has 10 heteroatoms. The van der Waals surface area contributed by atoms with Crippen molar-refractivity contribution in [1.82, 2.24) is 16.0 Å². The van der Waals surface area contributed by atoms with E-state index >= 15 is 0 Å². The largest absolute Gasteiger partial charge is 0.461 e. The summed E-state index contributed by atoms with van der Waals surface area (Å²) in [5.41, 5.74) is 0. The second kappa shape index (κ2) is 11.4. The number of nitrogens with one attached hydrogen (secondary N) is 3. The average Bonchev–Trinajstić information content (AvgIpc) is 2.52. The normalized spacial score (nSPS) is 13.3. The molecule has 0 aliphatic rings. The smallest absolute Gasteiger partial charge is 0.379 e. The van der Waals surface area contributed by atoms with E-state index in [1.54, 1.807) is 0 Å². The van der Waals surface area contributed by atoms with Crippen LogP contribution in [0.1, 0.15) is 47.0 Å². The zero-order chi connectivity index (χ0) is 20.3. The summed E-state index contributed by atoms with van der Waals surface area (Å²) in [4.78, 5) is 45.5. The SMILES string of the molecule is CCOC(=O)C(F)(F)[C@@H](C)NC(=O)[C@H](CCCCNC(C)=O)NC(C)=O. The highest BCUT2D eigenvalue weighted by Crippen LogP contribution is 2.20. The van der Waals surface area contributed by atoms with Crippen LogP contribution in [0.4, 0.5) is 8.78 Å². The minimum absolute atomic E-state index is 0.184. The van der Waals surface area contributed by atoms with Crippen LogP contribution in [0.3, 0.4) is 0 Å². The number of carbonyl (C=O) groups excluding carboxylic acids is 4. The van der Waals surface area contributed by atoms with Crippen LogP contribution in [-0.2, 0) is 23.9 Å². The Morgan fingerprint density at radius 3 is 2.15 bits per heavy atom. The molecule has 26 heavy (non-hydrogen) atoms. The van der Waals surface area contributed by atoms with E-state index in [1.165, 1.54) is 20.8 Å². The van der Waals surface area contributed by atoms with Crippen LogP contribution >= 0.6 is 0 Å². The molecule has 0 saturated carbocycles. The highest BCUT2D eigenvalue weighted by molar-refractivity contribution is 5.88. The van der Waals surface area contributed by atoms with E-state index in [0.29, 0.717) is 19.4 Å². The van der Waals surface area contributed by atoms with Crippen LogP contribution in [0.2, 0.25) is 0 Å². The minimum atomic E-state index is -3.89. The van der Waals surface area contributed by atoms with Gasteiger partial charge in [0.05, 0.1) is 6.61 Å². The molecule has 3 N–H and O–H groups in total. The number of ether oxygens (including phenoxy) is 1. The molecule has 0 aromatic rings. The van der Waals surface area contributed by atoms with Crippen molar-refractivity contribution in [3.05, 3.63) is 0 Å². The van der Waals surface area contributed by atoms with Gasteiger partial charge in [0.15, 0.2) is 0 Å². The van der Waals surface area contributed by atoms with Gasteiger partial charge >= 0.3 is 11.9 Å². The van der Waals surface area contributed by atoms with Crippen LogP contribution in [0.25, 0.3) is 0 Å². The number of rotatable bonds is 11. The van der Waals surface area contributed by atoms with Crippen LogP contribution in [-0.4, -0.2) is 54.8 Å². The summed E-state index contributed by atoms with van der Waals surface area (Å²) in [5, 5.41) is 7.03. The van der Waals surface area contributed by atoms with Crippen molar-refractivity contribution < 1.29 is 32.7 Å². The predicted octanol–water partition coefficient (Wildman–Crippen LogP) is 0.501. The zero-order valence-electron chi connectivity index (χ0n) is 15.5. The van der Waals surface area contributed by atoms with E-state index < -0.39 is 35.8 Å². The second-order valence-corrected chi connectivity index (χ2v) is 5.81. The highest BCUT2D eigenvalue weighted by atomic mass is 19.3. The van der Waals surface area contributed by atoms with Crippen LogP contribution in [0.5, 0.6) is 0 Å². The Bertz CT molecular complexity index is 514. The number of carbonyl (C=O) groups is 4. The van der Waals surface area contributed by atoms with E-state index in [4.69, 9.17) is 0 Å². The van der Waals surface area contributed by atoms with Gasteiger partial charge in [0.25, 0.3) is 0 Å². The molecule has 0 aromatic carbocycles. The fourth-order valence-corrected chi connectivity index (χ4v) is 2.06. The van der Waals surface area contributed by atoms with Crippen molar-refractivity contribution >= 4 is 23.7 Å². The Morgan fingerprint density at radius 2 is 1.65 bits per heavy atom. The number of esters is 1. The summed E-state index contributed by atoms with van der Waals surface area (Å²) < 4.78 is 32.1. The molecular formula is C16H27F2N3O5. The third kappa shape index (κ3) is 8.72. The lowest BCUT2D eigenvalue weighted by molar-refractivity contribution is -0.175. The van der Waals surface area contributed by atoms with E-state index in [2.05, 4.69) is 15.4 Å². The summed E-state index contributed by atoms with van der Waals surface area (Å²) in [6, 6.07) is -2.82. The molecule has 8 nitrogen and oxygen atoms in total. The van der Waals surface area contributed by atoms with Crippen molar-refractivity contribution in [2.24, 2.45) is 0 Å². The number of halogens is 2. The molecule has 0 unspecified atom stereocenters. The molecule has 3 amide bonds. The van der Waals surface area contributed by atoms with E-state index in [-0.39, 0.29) is 18.9 Å². The first-order valence-electron chi connectivity index (χ1n) is 8.39. The lowest BCUT2D eigenvalue weighted by Crippen LogP contribution is -2.55. The molecule has 0 aliphatic heterocycles. The van der Waals surface area contributed by atoms with Crippen LogP contribution in [0, 0.1) is 0 Å². The Morgan fingerprint density at radius 1 is 1.04 bits per heavy atom. The van der Waals surface area contributed by atoms with Gasteiger partial charge in [-0.3, -0.25) is 14.4 Å². The van der Waals surface area contributed by atoms with Gasteiger partial charge in [-0.15, -0.1) is 0 Å². The van der Waals surface area contributed by atoms with Gasteiger partial charge in [0.1, 0.15) is 12.1 Å². The first-order chi connectivity index (χ1) is 12.0. The first kappa shape index (κ1) is 23.7. The van der Waals surface area contributed by atoms with Gasteiger partial charge in [0.2, 0.25) is 17.7 Å². The van der Waals surface area contributed by atoms with Gasteiger partial charge in [-0.05, 0) is 33.1 Å². The quantitative estimate of drug-likeness (QED) is 0.357. The Balaban J connectivity index is 4.73. The molecule has 0 aromatic heterocycles. The van der Waals surface area contributed by atoms with Crippen molar-refractivity contribution in [2.45, 2.75) is 65.0 Å². The summed E-state index contributed by atoms with van der Waals surface area (Å²) in [6.07, 6.45) is 1.22. The summed E-state index contributed by atoms with van der Waals surface area (Å²) >= 11 is 0. The minimum Gasteiger partial charge on any atom is -0.461 e. The fraction of sp³-hybridized carbons (Fsp3) is 0.750. The maximum atomic E-state index is 13.9. The number of unbranched alkanes of at least 4 members (excludes halogenated alkanes) is 1. The van der Waals surface area contributed by atoms with Gasteiger partial charge < -0.3 is 20.7 Å². The van der Waals surface area contributed by atoms with E-state index in [1.807, 2.05) is 5.32 Å². The molecular weight excluding hydrogens is 352 g/mol. The fourth-order valence-electron chi connectivity index (χ4n) is 2.06. The monoisotopic (exact) mass is 379 g/mol. The Kier molecular flexibility index (Phi) is 10.4. The van der Waals surface area contributed by atoms with E-state index in [9.17, 15) is 28.0 Å². The Hall–Kier alpha value is -2.26. The maximum Gasteiger partial charge on any atom is 0.379 e. The third-order valence-electron chi connectivity index (χ3n) is 3.44. The molecule has 2 atom stereocenters. The molecule has 0 radical (unpaired) electrons. The molecule has 0 aliphatic carbocycles.